The van der Waals surface area contributed by atoms with Crippen LogP contribution >= 0.6 is 11.3 Å². The van der Waals surface area contributed by atoms with E-state index in [4.69, 9.17) is 10.8 Å². The average Bonchev–Trinajstić information content (AvgIpc) is 2.62. The molecule has 0 saturated carbocycles. The molecule has 0 aliphatic heterocycles. The van der Waals surface area contributed by atoms with Gasteiger partial charge in [0.25, 0.3) is 0 Å². The molecule has 0 bridgehead atoms. The zero-order chi connectivity index (χ0) is 11.4. The summed E-state index contributed by atoms with van der Waals surface area (Å²) < 4.78 is 0. The fourth-order valence-corrected chi connectivity index (χ4v) is 2.05. The van der Waals surface area contributed by atoms with E-state index >= 15 is 0 Å². The first-order chi connectivity index (χ1) is 7.06. The molecule has 2 unspecified atom stereocenters. The van der Waals surface area contributed by atoms with Gasteiger partial charge in [0.1, 0.15) is 6.10 Å². The predicted molar refractivity (Wildman–Crippen MR) is 55.0 cm³/mol. The van der Waals surface area contributed by atoms with Crippen molar-refractivity contribution in [2.75, 3.05) is 0 Å². The molecule has 6 heteroatoms. The minimum absolute atomic E-state index is 0.201. The number of hydrogen-bond donors (Lipinski definition) is 4. The van der Waals surface area contributed by atoms with Crippen LogP contribution in [0.4, 0.5) is 0 Å². The van der Waals surface area contributed by atoms with E-state index in [1.54, 1.807) is 11.4 Å². The highest BCUT2D eigenvalue weighted by molar-refractivity contribution is 7.10. The molecule has 0 radical (unpaired) electrons. The number of thiophene rings is 1. The Morgan fingerprint density at radius 2 is 2.20 bits per heavy atom. The van der Waals surface area contributed by atoms with Crippen LogP contribution in [0.5, 0.6) is 0 Å². The van der Waals surface area contributed by atoms with Gasteiger partial charge in [-0.25, -0.2) is 0 Å². The molecule has 1 heterocycles. The zero-order valence-corrected chi connectivity index (χ0v) is 8.78. The Labute approximate surface area is 90.8 Å². The first-order valence-corrected chi connectivity index (χ1v) is 5.25. The van der Waals surface area contributed by atoms with E-state index in [-0.39, 0.29) is 13.0 Å². The van der Waals surface area contributed by atoms with E-state index in [2.05, 4.69) is 0 Å². The molecule has 15 heavy (non-hydrogen) atoms. The Balaban J connectivity index is 2.75. The summed E-state index contributed by atoms with van der Waals surface area (Å²) in [5.74, 6) is -0.678. The zero-order valence-electron chi connectivity index (χ0n) is 7.96. The van der Waals surface area contributed by atoms with Crippen molar-refractivity contribution in [2.45, 2.75) is 25.2 Å². The maximum atomic E-state index is 10.5. The van der Waals surface area contributed by atoms with E-state index in [9.17, 15) is 15.0 Å². The molecule has 5 nitrogen and oxygen atoms in total. The van der Waals surface area contributed by atoms with Gasteiger partial charge < -0.3 is 21.1 Å². The van der Waals surface area contributed by atoms with Crippen LogP contribution in [0.2, 0.25) is 0 Å². The van der Waals surface area contributed by atoms with Gasteiger partial charge in [0.05, 0.1) is 19.1 Å². The second-order valence-electron chi connectivity index (χ2n) is 3.14. The van der Waals surface area contributed by atoms with E-state index < -0.39 is 18.1 Å². The standard InChI is InChI=1S/C9H13NO4S/c10-8(13)3-6(12)9(14)5-1-2-15-7(5)4-11/h1-2,6,9,11-12,14H,3-4H2,(H2,10,13). The fraction of sp³-hybridized carbons (Fsp3) is 0.444. The predicted octanol–water partition coefficient (Wildman–Crippen LogP) is -0.490. The monoisotopic (exact) mass is 231 g/mol. The summed E-state index contributed by atoms with van der Waals surface area (Å²) in [6.07, 6.45) is -2.73. The smallest absolute Gasteiger partial charge is 0.220 e. The molecular formula is C9H13NO4S. The number of amides is 1. The lowest BCUT2D eigenvalue weighted by Gasteiger charge is -2.16. The molecule has 0 fully saturated rings. The molecule has 0 aliphatic rings. The highest BCUT2D eigenvalue weighted by atomic mass is 32.1. The van der Waals surface area contributed by atoms with Gasteiger partial charge in [-0.1, -0.05) is 0 Å². The lowest BCUT2D eigenvalue weighted by Crippen LogP contribution is -2.25. The van der Waals surface area contributed by atoms with Crippen LogP contribution in [0, 0.1) is 0 Å². The van der Waals surface area contributed by atoms with Crippen LogP contribution in [-0.4, -0.2) is 27.3 Å². The van der Waals surface area contributed by atoms with Crippen molar-refractivity contribution in [1.82, 2.24) is 0 Å². The molecule has 84 valence electrons. The van der Waals surface area contributed by atoms with Crippen molar-refractivity contribution in [3.05, 3.63) is 21.9 Å². The van der Waals surface area contributed by atoms with Crippen molar-refractivity contribution < 1.29 is 20.1 Å². The molecular weight excluding hydrogens is 218 g/mol. The van der Waals surface area contributed by atoms with E-state index in [1.807, 2.05) is 0 Å². The average molecular weight is 231 g/mol. The van der Waals surface area contributed by atoms with Crippen molar-refractivity contribution in [3.8, 4) is 0 Å². The van der Waals surface area contributed by atoms with E-state index in [1.165, 1.54) is 11.3 Å². The highest BCUT2D eigenvalue weighted by Gasteiger charge is 2.23. The SMILES string of the molecule is NC(=O)CC(O)C(O)c1ccsc1CO. The number of hydrogen-bond acceptors (Lipinski definition) is 5. The van der Waals surface area contributed by atoms with Crippen molar-refractivity contribution in [3.63, 3.8) is 0 Å². The number of aliphatic hydroxyl groups is 3. The van der Waals surface area contributed by atoms with Gasteiger partial charge in [-0.3, -0.25) is 4.79 Å². The van der Waals surface area contributed by atoms with Crippen LogP contribution in [0.3, 0.4) is 0 Å². The van der Waals surface area contributed by atoms with Gasteiger partial charge >= 0.3 is 0 Å². The van der Waals surface area contributed by atoms with Gasteiger partial charge in [-0.05, 0) is 17.0 Å². The number of carbonyl (C=O) groups excluding carboxylic acids is 1. The van der Waals surface area contributed by atoms with E-state index in [0.717, 1.165) is 0 Å². The Morgan fingerprint density at radius 3 is 2.73 bits per heavy atom. The Kier molecular flexibility index (Phi) is 4.22. The molecule has 5 N–H and O–H groups in total. The molecule has 0 aliphatic carbocycles. The quantitative estimate of drug-likeness (QED) is 0.549. The third-order valence-electron chi connectivity index (χ3n) is 2.02. The Morgan fingerprint density at radius 1 is 1.53 bits per heavy atom. The van der Waals surface area contributed by atoms with Crippen LogP contribution < -0.4 is 5.73 Å². The van der Waals surface area contributed by atoms with Crippen molar-refractivity contribution >= 4 is 17.2 Å². The van der Waals surface area contributed by atoms with Gasteiger partial charge in [0.15, 0.2) is 0 Å². The maximum absolute atomic E-state index is 10.5. The molecule has 0 aromatic carbocycles. The number of rotatable bonds is 5. The first-order valence-electron chi connectivity index (χ1n) is 4.37. The molecule has 0 spiro atoms. The van der Waals surface area contributed by atoms with Gasteiger partial charge in [0, 0.05) is 4.88 Å². The molecule has 1 rings (SSSR count). The van der Waals surface area contributed by atoms with Gasteiger partial charge in [0.2, 0.25) is 5.91 Å². The molecule has 1 amide bonds. The number of aliphatic hydroxyl groups excluding tert-OH is 3. The van der Waals surface area contributed by atoms with Crippen molar-refractivity contribution in [2.24, 2.45) is 5.73 Å². The first kappa shape index (κ1) is 12.1. The summed E-state index contributed by atoms with van der Waals surface area (Å²) >= 11 is 1.28. The third-order valence-corrected chi connectivity index (χ3v) is 2.94. The second kappa shape index (κ2) is 5.22. The van der Waals surface area contributed by atoms with Crippen LogP contribution in [-0.2, 0) is 11.4 Å². The number of carbonyl (C=O) groups is 1. The minimum atomic E-state index is -1.23. The van der Waals surface area contributed by atoms with Gasteiger partial charge in [-0.15, -0.1) is 11.3 Å². The number of primary amides is 1. The lowest BCUT2D eigenvalue weighted by atomic mass is 10.0. The third kappa shape index (κ3) is 3.00. The Bertz CT molecular complexity index is 339. The van der Waals surface area contributed by atoms with E-state index in [0.29, 0.717) is 10.4 Å². The van der Waals surface area contributed by atoms with Crippen molar-refractivity contribution in [1.29, 1.82) is 0 Å². The van der Waals surface area contributed by atoms with Gasteiger partial charge in [-0.2, -0.15) is 0 Å². The molecule has 0 saturated heterocycles. The van der Waals surface area contributed by atoms with Crippen LogP contribution in [0.15, 0.2) is 11.4 Å². The molecule has 1 aromatic rings. The molecule has 1 aromatic heterocycles. The Hall–Kier alpha value is -0.950. The summed E-state index contributed by atoms with van der Waals surface area (Å²) in [7, 11) is 0. The summed E-state index contributed by atoms with van der Waals surface area (Å²) in [6.45, 7) is -0.201. The summed E-state index contributed by atoms with van der Waals surface area (Å²) in [4.78, 5) is 11.1. The van der Waals surface area contributed by atoms with Crippen LogP contribution in [0.1, 0.15) is 23.0 Å². The highest BCUT2D eigenvalue weighted by Crippen LogP contribution is 2.26. The lowest BCUT2D eigenvalue weighted by molar-refractivity contribution is -0.121. The van der Waals surface area contributed by atoms with Crippen LogP contribution in [0.25, 0.3) is 0 Å². The maximum Gasteiger partial charge on any atom is 0.220 e. The minimum Gasteiger partial charge on any atom is -0.391 e. The normalized spacial score (nSPS) is 14.9. The summed E-state index contributed by atoms with van der Waals surface area (Å²) in [5.41, 5.74) is 5.34. The molecule has 2 atom stereocenters. The fourth-order valence-electron chi connectivity index (χ4n) is 1.27. The second-order valence-corrected chi connectivity index (χ2v) is 4.14. The number of nitrogens with two attached hydrogens (primary N) is 1. The topological polar surface area (TPSA) is 104 Å². The summed E-state index contributed by atoms with van der Waals surface area (Å²) in [6, 6.07) is 1.60. The summed E-state index contributed by atoms with van der Waals surface area (Å²) in [5, 5.41) is 29.8. The largest absolute Gasteiger partial charge is 0.391 e.